The minimum Gasteiger partial charge on any atom is -0.325 e. The number of amides is 1. The molecule has 33 heavy (non-hydrogen) atoms. The average molecular weight is 469 g/mol. The number of nitrogens with zero attached hydrogens (tertiary/aromatic N) is 4. The number of halogens is 3. The topological polar surface area (TPSA) is 72.7 Å². The van der Waals surface area contributed by atoms with E-state index in [1.165, 1.54) is 12.1 Å². The lowest BCUT2D eigenvalue weighted by Crippen LogP contribution is -2.15. The molecule has 0 radical (unpaired) electrons. The Morgan fingerprint density at radius 1 is 1.03 bits per heavy atom. The highest BCUT2D eigenvalue weighted by molar-refractivity contribution is 7.99. The number of nitrogens with one attached hydrogen (secondary N) is 1. The lowest BCUT2D eigenvalue weighted by Gasteiger charge is -2.11. The molecule has 0 aliphatic heterocycles. The standard InChI is InChI=1S/C23H18F3N5OS/c1-15-8-10-18(11-9-15)31-21(19-7-2-3-12-27-19)29-30-22(31)33-14-20(32)28-17-6-4-5-16(13-17)23(24,25)26/h2-13H,14H2,1H3,(H,28,32). The predicted molar refractivity (Wildman–Crippen MR) is 120 cm³/mol. The first-order valence-corrected chi connectivity index (χ1v) is 10.8. The van der Waals surface area contributed by atoms with Gasteiger partial charge in [-0.3, -0.25) is 14.3 Å². The molecule has 1 amide bonds. The van der Waals surface area contributed by atoms with Gasteiger partial charge in [-0.05, 0) is 49.4 Å². The molecule has 0 fully saturated rings. The van der Waals surface area contributed by atoms with Gasteiger partial charge in [0.1, 0.15) is 5.69 Å². The number of benzene rings is 2. The molecular weight excluding hydrogens is 451 g/mol. The van der Waals surface area contributed by atoms with Crippen molar-refractivity contribution in [3.05, 3.63) is 84.1 Å². The molecule has 0 atom stereocenters. The summed E-state index contributed by atoms with van der Waals surface area (Å²) in [7, 11) is 0. The van der Waals surface area contributed by atoms with Gasteiger partial charge in [0.05, 0.1) is 11.3 Å². The molecule has 4 rings (SSSR count). The maximum atomic E-state index is 12.9. The lowest BCUT2D eigenvalue weighted by molar-refractivity contribution is -0.137. The van der Waals surface area contributed by atoms with Crippen LogP contribution < -0.4 is 5.32 Å². The van der Waals surface area contributed by atoms with Crippen LogP contribution in [0, 0.1) is 6.92 Å². The minimum absolute atomic E-state index is 0.0670. The van der Waals surface area contributed by atoms with Gasteiger partial charge in [-0.15, -0.1) is 10.2 Å². The Bertz CT molecular complexity index is 1260. The SMILES string of the molecule is Cc1ccc(-n2c(SCC(=O)Nc3cccc(C(F)(F)F)c3)nnc2-c2ccccn2)cc1. The van der Waals surface area contributed by atoms with Gasteiger partial charge in [-0.1, -0.05) is 41.6 Å². The Labute approximate surface area is 191 Å². The molecule has 0 bridgehead atoms. The molecule has 0 spiro atoms. The van der Waals surface area contributed by atoms with Crippen molar-refractivity contribution in [2.75, 3.05) is 11.1 Å². The van der Waals surface area contributed by atoms with Crippen LogP contribution in [-0.4, -0.2) is 31.4 Å². The zero-order valence-electron chi connectivity index (χ0n) is 17.4. The summed E-state index contributed by atoms with van der Waals surface area (Å²) in [5, 5.41) is 11.4. The summed E-state index contributed by atoms with van der Waals surface area (Å²) in [6.07, 6.45) is -2.83. The van der Waals surface area contributed by atoms with Crippen molar-refractivity contribution >= 4 is 23.4 Å². The molecule has 1 N–H and O–H groups in total. The van der Waals surface area contributed by atoms with Crippen molar-refractivity contribution in [2.45, 2.75) is 18.3 Å². The minimum atomic E-state index is -4.48. The third-order valence-corrected chi connectivity index (χ3v) is 5.55. The van der Waals surface area contributed by atoms with Crippen molar-refractivity contribution in [2.24, 2.45) is 0 Å². The largest absolute Gasteiger partial charge is 0.416 e. The molecular formula is C23H18F3N5OS. The normalized spacial score (nSPS) is 11.4. The summed E-state index contributed by atoms with van der Waals surface area (Å²) in [5.41, 5.74) is 1.75. The molecule has 0 aliphatic rings. The number of anilines is 1. The monoisotopic (exact) mass is 469 g/mol. The lowest BCUT2D eigenvalue weighted by atomic mass is 10.2. The zero-order chi connectivity index (χ0) is 23.4. The van der Waals surface area contributed by atoms with Crippen LogP contribution in [-0.2, 0) is 11.0 Å². The van der Waals surface area contributed by atoms with Crippen LogP contribution in [0.25, 0.3) is 17.2 Å². The molecule has 0 saturated carbocycles. The molecule has 4 aromatic rings. The van der Waals surface area contributed by atoms with Gasteiger partial charge in [0.25, 0.3) is 0 Å². The number of rotatable bonds is 6. The fourth-order valence-corrected chi connectivity index (χ4v) is 3.80. The van der Waals surface area contributed by atoms with E-state index in [-0.39, 0.29) is 11.4 Å². The first-order valence-electron chi connectivity index (χ1n) is 9.85. The molecule has 10 heteroatoms. The van der Waals surface area contributed by atoms with Crippen molar-refractivity contribution in [3.63, 3.8) is 0 Å². The molecule has 6 nitrogen and oxygen atoms in total. The summed E-state index contributed by atoms with van der Waals surface area (Å²) in [6, 6.07) is 17.7. The Morgan fingerprint density at radius 2 is 1.82 bits per heavy atom. The number of thioether (sulfide) groups is 1. The van der Waals surface area contributed by atoms with E-state index in [2.05, 4.69) is 20.5 Å². The third kappa shape index (κ3) is 5.40. The maximum absolute atomic E-state index is 12.9. The van der Waals surface area contributed by atoms with Crippen molar-refractivity contribution in [3.8, 4) is 17.2 Å². The fourth-order valence-electron chi connectivity index (χ4n) is 3.05. The number of carbonyl (C=O) groups excluding carboxylic acids is 1. The third-order valence-electron chi connectivity index (χ3n) is 4.63. The van der Waals surface area contributed by atoms with Gasteiger partial charge in [0.2, 0.25) is 5.91 Å². The van der Waals surface area contributed by atoms with E-state index >= 15 is 0 Å². The molecule has 0 aliphatic carbocycles. The summed E-state index contributed by atoms with van der Waals surface area (Å²) in [5.74, 6) is -0.0139. The molecule has 2 aromatic carbocycles. The van der Waals surface area contributed by atoms with Crippen LogP contribution in [0.5, 0.6) is 0 Å². The highest BCUT2D eigenvalue weighted by atomic mass is 32.2. The highest BCUT2D eigenvalue weighted by Crippen LogP contribution is 2.31. The van der Waals surface area contributed by atoms with E-state index in [9.17, 15) is 18.0 Å². The molecule has 2 aromatic heterocycles. The number of pyridine rings is 1. The van der Waals surface area contributed by atoms with E-state index in [1.807, 2.05) is 43.3 Å². The Hall–Kier alpha value is -3.66. The zero-order valence-corrected chi connectivity index (χ0v) is 18.2. The van der Waals surface area contributed by atoms with Gasteiger partial charge in [0.15, 0.2) is 11.0 Å². The van der Waals surface area contributed by atoms with Crippen LogP contribution in [0.3, 0.4) is 0 Å². The number of aromatic nitrogens is 4. The quantitative estimate of drug-likeness (QED) is 0.384. The second-order valence-electron chi connectivity index (χ2n) is 7.11. The molecule has 0 saturated heterocycles. The van der Waals surface area contributed by atoms with Gasteiger partial charge < -0.3 is 5.32 Å². The smallest absolute Gasteiger partial charge is 0.325 e. The van der Waals surface area contributed by atoms with Crippen molar-refractivity contribution in [1.29, 1.82) is 0 Å². The van der Waals surface area contributed by atoms with Gasteiger partial charge >= 0.3 is 6.18 Å². The molecule has 168 valence electrons. The average Bonchev–Trinajstić information content (AvgIpc) is 3.22. The summed E-state index contributed by atoms with van der Waals surface area (Å²) < 4.78 is 40.5. The van der Waals surface area contributed by atoms with Crippen molar-refractivity contribution < 1.29 is 18.0 Å². The first-order chi connectivity index (χ1) is 15.8. The van der Waals surface area contributed by atoms with Crippen LogP contribution in [0.4, 0.5) is 18.9 Å². The van der Waals surface area contributed by atoms with E-state index in [4.69, 9.17) is 0 Å². The van der Waals surface area contributed by atoms with E-state index < -0.39 is 17.6 Å². The van der Waals surface area contributed by atoms with Gasteiger partial charge in [0, 0.05) is 17.6 Å². The van der Waals surface area contributed by atoms with Crippen LogP contribution in [0.1, 0.15) is 11.1 Å². The van der Waals surface area contributed by atoms with Gasteiger partial charge in [-0.2, -0.15) is 13.2 Å². The fraction of sp³-hybridized carbons (Fsp3) is 0.130. The maximum Gasteiger partial charge on any atom is 0.416 e. The second kappa shape index (κ2) is 9.45. The number of carbonyl (C=O) groups is 1. The Morgan fingerprint density at radius 3 is 2.52 bits per heavy atom. The molecule has 2 heterocycles. The van der Waals surface area contributed by atoms with Crippen LogP contribution in [0.15, 0.2) is 78.1 Å². The summed E-state index contributed by atoms with van der Waals surface area (Å²) >= 11 is 1.13. The number of hydrogen-bond donors (Lipinski definition) is 1. The van der Waals surface area contributed by atoms with E-state index in [1.54, 1.807) is 16.8 Å². The summed E-state index contributed by atoms with van der Waals surface area (Å²) in [4.78, 5) is 16.8. The second-order valence-corrected chi connectivity index (χ2v) is 8.05. The highest BCUT2D eigenvalue weighted by Gasteiger charge is 2.30. The van der Waals surface area contributed by atoms with Gasteiger partial charge in [-0.25, -0.2) is 0 Å². The predicted octanol–water partition coefficient (Wildman–Crippen LogP) is 5.39. The van der Waals surface area contributed by atoms with Crippen LogP contribution >= 0.6 is 11.8 Å². The van der Waals surface area contributed by atoms with Crippen LogP contribution in [0.2, 0.25) is 0 Å². The number of hydrogen-bond acceptors (Lipinski definition) is 5. The van der Waals surface area contributed by atoms with E-state index in [0.29, 0.717) is 16.7 Å². The Balaban J connectivity index is 1.55. The first kappa shape index (κ1) is 22.5. The summed E-state index contributed by atoms with van der Waals surface area (Å²) in [6.45, 7) is 1.98. The number of alkyl halides is 3. The van der Waals surface area contributed by atoms with Crippen molar-refractivity contribution in [1.82, 2.24) is 19.7 Å². The molecule has 0 unspecified atom stereocenters. The van der Waals surface area contributed by atoms with E-state index in [0.717, 1.165) is 35.1 Å². The number of aryl methyl sites for hydroxylation is 1. The Kier molecular flexibility index (Phi) is 6.45.